The number of hydrogen-bond acceptors (Lipinski definition) is 14. The van der Waals surface area contributed by atoms with Gasteiger partial charge in [0.05, 0.1) is 31.3 Å². The fourth-order valence-corrected chi connectivity index (χ4v) is 6.84. The quantitative estimate of drug-likeness (QED) is 0.0953. The van der Waals surface area contributed by atoms with Gasteiger partial charge in [0.25, 0.3) is 0 Å². The number of amides is 1. The predicted molar refractivity (Wildman–Crippen MR) is 162 cm³/mol. The highest BCUT2D eigenvalue weighted by Gasteiger charge is 2.52. The van der Waals surface area contributed by atoms with Crippen LogP contribution >= 0.6 is 0 Å². The van der Waals surface area contributed by atoms with Gasteiger partial charge in [0.1, 0.15) is 41.9 Å². The number of aliphatic hydroxyl groups is 4. The van der Waals surface area contributed by atoms with E-state index in [1.165, 1.54) is 6.92 Å². The zero-order valence-corrected chi connectivity index (χ0v) is 26.3. The van der Waals surface area contributed by atoms with Crippen molar-refractivity contribution in [3.63, 3.8) is 0 Å². The van der Waals surface area contributed by atoms with Gasteiger partial charge in [-0.2, -0.15) is 0 Å². The Hall–Kier alpha value is -1.47. The van der Waals surface area contributed by atoms with Gasteiger partial charge in [-0.1, -0.05) is 6.42 Å². The number of rotatable bonds is 13. The fraction of sp³-hybridized carbons (Fsp3) is 0.900. The van der Waals surface area contributed by atoms with Crippen molar-refractivity contribution in [3.05, 3.63) is 11.8 Å². The molecule has 3 aliphatic carbocycles. The van der Waals surface area contributed by atoms with Crippen LogP contribution in [0.3, 0.4) is 0 Å². The average molecular weight is 643 g/mol. The highest BCUT2D eigenvalue weighted by atomic mass is 16.7. The zero-order chi connectivity index (χ0) is 32.5. The Labute approximate surface area is 264 Å². The summed E-state index contributed by atoms with van der Waals surface area (Å²) < 4.78 is 24.2. The Morgan fingerprint density at radius 3 is 2.47 bits per heavy atom. The SMILES string of the molecule is CN[C@@H]1[C@@H](O)[C@@H](O[C@@H]2[C@@H](O)[C@H](O[C@H]3OC(CNCC4(CN)CC4)=CC[C@H]3N)[C@@H](N)C[C@H]2NC(=O)C(O)C2CCC2)OC[C@]1(C)O. The molecule has 1 unspecified atom stereocenters. The van der Waals surface area contributed by atoms with E-state index in [9.17, 15) is 25.2 Å². The molecule has 0 spiro atoms. The molecule has 0 bridgehead atoms. The molecule has 3 saturated carbocycles. The van der Waals surface area contributed by atoms with E-state index in [4.69, 9.17) is 36.1 Å². The topological polar surface area (TPSA) is 249 Å². The van der Waals surface area contributed by atoms with Gasteiger partial charge >= 0.3 is 0 Å². The van der Waals surface area contributed by atoms with Gasteiger partial charge in [0.15, 0.2) is 6.29 Å². The van der Waals surface area contributed by atoms with E-state index in [1.54, 1.807) is 7.05 Å². The van der Waals surface area contributed by atoms with Crippen LogP contribution in [0.25, 0.3) is 0 Å². The second kappa shape index (κ2) is 14.3. The lowest BCUT2D eigenvalue weighted by Gasteiger charge is -2.49. The van der Waals surface area contributed by atoms with Crippen molar-refractivity contribution in [2.45, 2.75) is 125 Å². The third-order valence-corrected chi connectivity index (χ3v) is 10.4. The summed E-state index contributed by atoms with van der Waals surface area (Å²) >= 11 is 0. The predicted octanol–water partition coefficient (Wildman–Crippen LogP) is -3.16. The molecule has 5 aliphatic rings. The van der Waals surface area contributed by atoms with E-state index in [0.717, 1.165) is 38.6 Å². The highest BCUT2D eigenvalue weighted by Crippen LogP contribution is 2.43. The van der Waals surface area contributed by atoms with Crippen LogP contribution in [0, 0.1) is 11.3 Å². The van der Waals surface area contributed by atoms with Crippen LogP contribution in [0.5, 0.6) is 0 Å². The second-order valence-electron chi connectivity index (χ2n) is 14.0. The van der Waals surface area contributed by atoms with E-state index in [1.807, 2.05) is 6.08 Å². The summed E-state index contributed by atoms with van der Waals surface area (Å²) in [6, 6.07) is -2.94. The van der Waals surface area contributed by atoms with Gasteiger partial charge in [-0.05, 0) is 76.5 Å². The Morgan fingerprint density at radius 1 is 1.13 bits per heavy atom. The Kier molecular flexibility index (Phi) is 11.1. The molecule has 13 N–H and O–H groups in total. The van der Waals surface area contributed by atoms with Crippen molar-refractivity contribution < 1.29 is 44.2 Å². The second-order valence-corrected chi connectivity index (χ2v) is 14.0. The first-order valence-corrected chi connectivity index (χ1v) is 16.3. The van der Waals surface area contributed by atoms with Crippen LogP contribution in [-0.2, 0) is 23.7 Å². The molecule has 5 rings (SSSR count). The van der Waals surface area contributed by atoms with E-state index < -0.39 is 78.8 Å². The lowest BCUT2D eigenvalue weighted by Crippen LogP contribution is -2.69. The number of ether oxygens (including phenoxy) is 4. The van der Waals surface area contributed by atoms with Crippen molar-refractivity contribution in [1.82, 2.24) is 16.0 Å². The number of likely N-dealkylation sites (N-methyl/N-ethyl adjacent to an activating group) is 1. The summed E-state index contributed by atoms with van der Waals surface area (Å²) in [6.07, 6.45) is -1.06. The molecule has 0 aromatic rings. The van der Waals surface area contributed by atoms with Crippen LogP contribution in [0.4, 0.5) is 0 Å². The van der Waals surface area contributed by atoms with Crippen molar-refractivity contribution in [2.24, 2.45) is 28.5 Å². The van der Waals surface area contributed by atoms with Crippen LogP contribution in [0.2, 0.25) is 0 Å². The molecule has 15 nitrogen and oxygen atoms in total. The van der Waals surface area contributed by atoms with Crippen molar-refractivity contribution >= 4 is 5.91 Å². The molecule has 258 valence electrons. The van der Waals surface area contributed by atoms with Gasteiger partial charge in [-0.3, -0.25) is 4.79 Å². The minimum Gasteiger partial charge on any atom is -0.467 e. The number of hydrogen-bond donors (Lipinski definition) is 10. The van der Waals surface area contributed by atoms with E-state index in [2.05, 4.69) is 16.0 Å². The third-order valence-electron chi connectivity index (χ3n) is 10.4. The van der Waals surface area contributed by atoms with Crippen LogP contribution in [0.15, 0.2) is 11.8 Å². The van der Waals surface area contributed by atoms with E-state index in [-0.39, 0.29) is 24.4 Å². The molecular weight excluding hydrogens is 588 g/mol. The smallest absolute Gasteiger partial charge is 0.249 e. The molecule has 15 heteroatoms. The lowest BCUT2D eigenvalue weighted by molar-refractivity contribution is -0.304. The molecule has 2 heterocycles. The summed E-state index contributed by atoms with van der Waals surface area (Å²) in [5, 5.41) is 53.1. The summed E-state index contributed by atoms with van der Waals surface area (Å²) in [5.41, 5.74) is 17.6. The zero-order valence-electron chi connectivity index (χ0n) is 26.3. The summed E-state index contributed by atoms with van der Waals surface area (Å²) in [5.74, 6) is -0.0440. The normalized spacial score (nSPS) is 42.2. The van der Waals surface area contributed by atoms with Crippen LogP contribution in [0.1, 0.15) is 51.9 Å². The molecule has 45 heavy (non-hydrogen) atoms. The van der Waals surface area contributed by atoms with Crippen LogP contribution in [-0.4, -0.2) is 132 Å². The maximum absolute atomic E-state index is 13.0. The maximum atomic E-state index is 13.0. The maximum Gasteiger partial charge on any atom is 0.249 e. The molecule has 0 radical (unpaired) electrons. The fourth-order valence-electron chi connectivity index (χ4n) is 6.84. The molecule has 0 aromatic carbocycles. The summed E-state index contributed by atoms with van der Waals surface area (Å²) in [6.45, 7) is 3.28. The molecular formula is C30H54N6O9. The lowest BCUT2D eigenvalue weighted by atomic mass is 9.80. The average Bonchev–Trinajstić information content (AvgIpc) is 3.75. The van der Waals surface area contributed by atoms with Gasteiger partial charge in [0.2, 0.25) is 12.2 Å². The third kappa shape index (κ3) is 7.82. The van der Waals surface area contributed by atoms with Crippen molar-refractivity contribution in [1.29, 1.82) is 0 Å². The monoisotopic (exact) mass is 642 g/mol. The standard InChI is InChI=1S/C30H54N6O9/c1-29(41)14-42-28(22(39)25(29)34-2)45-24-19(36-26(40)20(37)15-4-3-5-15)10-18(33)23(21(24)38)44-27-17(32)7-6-16(43-27)11-35-13-30(12-31)8-9-30/h6,15,17-25,27-28,34-35,37-39,41H,3-5,7-14,31-33H2,1-2H3,(H,36,40)/t17-,18+,19-,20?,21+,22-,23-,24+,25-,27-,28-,29+/m1/s1. The number of aliphatic hydroxyl groups excluding tert-OH is 3. The van der Waals surface area contributed by atoms with Gasteiger partial charge in [-0.25, -0.2) is 0 Å². The molecule has 4 fully saturated rings. The Morgan fingerprint density at radius 2 is 1.84 bits per heavy atom. The van der Waals surface area contributed by atoms with E-state index >= 15 is 0 Å². The molecule has 1 saturated heterocycles. The van der Waals surface area contributed by atoms with Crippen molar-refractivity contribution in [3.8, 4) is 0 Å². The first-order valence-electron chi connectivity index (χ1n) is 16.3. The summed E-state index contributed by atoms with van der Waals surface area (Å²) in [4.78, 5) is 13.0. The number of carbonyl (C=O) groups is 1. The molecule has 1 amide bonds. The molecule has 0 aromatic heterocycles. The summed E-state index contributed by atoms with van der Waals surface area (Å²) in [7, 11) is 1.60. The van der Waals surface area contributed by atoms with Gasteiger partial charge in [0, 0.05) is 12.6 Å². The van der Waals surface area contributed by atoms with Crippen molar-refractivity contribution in [2.75, 3.05) is 33.3 Å². The minimum atomic E-state index is -1.41. The number of nitrogens with two attached hydrogens (primary N) is 3. The minimum absolute atomic E-state index is 0.124. The number of carbonyl (C=O) groups excluding carboxylic acids is 1. The van der Waals surface area contributed by atoms with Gasteiger partial charge < -0.3 is 72.5 Å². The van der Waals surface area contributed by atoms with Gasteiger partial charge in [-0.15, -0.1) is 0 Å². The Bertz CT molecular complexity index is 1040. The van der Waals surface area contributed by atoms with E-state index in [0.29, 0.717) is 25.3 Å². The molecule has 12 atom stereocenters. The van der Waals surface area contributed by atoms with Crippen LogP contribution < -0.4 is 33.2 Å². The highest BCUT2D eigenvalue weighted by molar-refractivity contribution is 5.81. The largest absolute Gasteiger partial charge is 0.467 e. The first-order chi connectivity index (χ1) is 21.4. The molecule has 2 aliphatic heterocycles. The Balaban J connectivity index is 1.27. The number of nitrogens with one attached hydrogen (secondary N) is 3. The first kappa shape index (κ1) is 34.9.